The summed E-state index contributed by atoms with van der Waals surface area (Å²) in [5, 5.41) is 0. The van der Waals surface area contributed by atoms with E-state index in [9.17, 15) is 4.39 Å². The minimum atomic E-state index is -0.284. The van der Waals surface area contributed by atoms with E-state index < -0.39 is 0 Å². The van der Waals surface area contributed by atoms with Gasteiger partial charge < -0.3 is 10.5 Å². The first kappa shape index (κ1) is 14.2. The number of benzene rings is 2. The SMILES string of the molecule is Nc1ccc(SCCOc2ccc(Br)cc2)c(F)c1. The molecule has 0 bridgehead atoms. The van der Waals surface area contributed by atoms with Crippen molar-refractivity contribution in [3.63, 3.8) is 0 Å². The molecular weight excluding hydrogens is 329 g/mol. The number of ether oxygens (including phenoxy) is 1. The van der Waals surface area contributed by atoms with Crippen LogP contribution in [0.1, 0.15) is 0 Å². The molecule has 0 atom stereocenters. The summed E-state index contributed by atoms with van der Waals surface area (Å²) in [6, 6.07) is 12.3. The highest BCUT2D eigenvalue weighted by Gasteiger charge is 2.03. The Bertz CT molecular complexity index is 548. The number of nitrogen functional groups attached to an aromatic ring is 1. The van der Waals surface area contributed by atoms with Crippen LogP contribution < -0.4 is 10.5 Å². The van der Waals surface area contributed by atoms with Crippen LogP contribution in [-0.2, 0) is 0 Å². The van der Waals surface area contributed by atoms with Gasteiger partial charge in [-0.25, -0.2) is 4.39 Å². The fourth-order valence-electron chi connectivity index (χ4n) is 1.48. The lowest BCUT2D eigenvalue weighted by molar-refractivity contribution is 0.344. The van der Waals surface area contributed by atoms with E-state index >= 15 is 0 Å². The van der Waals surface area contributed by atoms with Crippen molar-refractivity contribution in [1.82, 2.24) is 0 Å². The van der Waals surface area contributed by atoms with E-state index in [0.29, 0.717) is 22.9 Å². The van der Waals surface area contributed by atoms with Gasteiger partial charge in [-0.2, -0.15) is 0 Å². The van der Waals surface area contributed by atoms with Crippen molar-refractivity contribution < 1.29 is 9.13 Å². The first-order valence-electron chi connectivity index (χ1n) is 5.71. The van der Waals surface area contributed by atoms with Crippen LogP contribution in [0.15, 0.2) is 51.8 Å². The second-order valence-corrected chi connectivity index (χ2v) is 5.89. The van der Waals surface area contributed by atoms with E-state index in [2.05, 4.69) is 15.9 Å². The zero-order valence-corrected chi connectivity index (χ0v) is 12.5. The molecule has 0 spiro atoms. The third-order valence-electron chi connectivity index (χ3n) is 2.38. The Balaban J connectivity index is 1.79. The first-order chi connectivity index (χ1) is 9.15. The maximum Gasteiger partial charge on any atom is 0.138 e. The maximum absolute atomic E-state index is 13.5. The van der Waals surface area contributed by atoms with Crippen molar-refractivity contribution in [3.8, 4) is 5.75 Å². The molecule has 100 valence electrons. The van der Waals surface area contributed by atoms with E-state index in [1.165, 1.54) is 17.8 Å². The van der Waals surface area contributed by atoms with Crippen molar-refractivity contribution in [3.05, 3.63) is 52.8 Å². The number of hydrogen-bond acceptors (Lipinski definition) is 3. The van der Waals surface area contributed by atoms with E-state index in [1.54, 1.807) is 12.1 Å². The molecule has 2 rings (SSSR count). The highest BCUT2D eigenvalue weighted by atomic mass is 79.9. The zero-order chi connectivity index (χ0) is 13.7. The van der Waals surface area contributed by atoms with Gasteiger partial charge in [0.25, 0.3) is 0 Å². The van der Waals surface area contributed by atoms with Gasteiger partial charge >= 0.3 is 0 Å². The normalized spacial score (nSPS) is 10.4. The van der Waals surface area contributed by atoms with Crippen LogP contribution in [0.2, 0.25) is 0 Å². The molecule has 0 amide bonds. The molecule has 0 fully saturated rings. The molecule has 0 unspecified atom stereocenters. The summed E-state index contributed by atoms with van der Waals surface area (Å²) >= 11 is 4.77. The van der Waals surface area contributed by atoms with Gasteiger partial charge in [0.2, 0.25) is 0 Å². The van der Waals surface area contributed by atoms with Crippen molar-refractivity contribution in [2.75, 3.05) is 18.1 Å². The van der Waals surface area contributed by atoms with Gasteiger partial charge in [0.1, 0.15) is 11.6 Å². The lowest BCUT2D eigenvalue weighted by Crippen LogP contribution is -2.00. The minimum Gasteiger partial charge on any atom is -0.493 e. The number of rotatable bonds is 5. The fourth-order valence-corrected chi connectivity index (χ4v) is 2.49. The minimum absolute atomic E-state index is 0.284. The average molecular weight is 342 g/mol. The van der Waals surface area contributed by atoms with Gasteiger partial charge in [0.05, 0.1) is 6.61 Å². The number of thioether (sulfide) groups is 1. The summed E-state index contributed by atoms with van der Waals surface area (Å²) in [5.41, 5.74) is 5.93. The third kappa shape index (κ3) is 4.44. The molecule has 5 heteroatoms. The van der Waals surface area contributed by atoms with E-state index in [1.807, 2.05) is 24.3 Å². The molecule has 2 N–H and O–H groups in total. The summed E-state index contributed by atoms with van der Waals surface area (Å²) in [6.45, 7) is 0.524. The second-order valence-electron chi connectivity index (χ2n) is 3.84. The van der Waals surface area contributed by atoms with Crippen molar-refractivity contribution in [1.29, 1.82) is 0 Å². The monoisotopic (exact) mass is 341 g/mol. The molecule has 0 aromatic heterocycles. The molecule has 0 heterocycles. The summed E-state index contributed by atoms with van der Waals surface area (Å²) in [6.07, 6.45) is 0. The smallest absolute Gasteiger partial charge is 0.138 e. The molecular formula is C14H13BrFNOS. The maximum atomic E-state index is 13.5. The Labute approximate surface area is 124 Å². The molecule has 2 nitrogen and oxygen atoms in total. The predicted octanol–water partition coefficient (Wildman–Crippen LogP) is 4.34. The van der Waals surface area contributed by atoms with Gasteiger partial charge in [0, 0.05) is 20.8 Å². The molecule has 0 aliphatic rings. The van der Waals surface area contributed by atoms with Gasteiger partial charge in [0.15, 0.2) is 0 Å². The summed E-state index contributed by atoms with van der Waals surface area (Å²) in [7, 11) is 0. The second kappa shape index (κ2) is 6.82. The van der Waals surface area contributed by atoms with Crippen molar-refractivity contribution in [2.45, 2.75) is 4.90 Å². The van der Waals surface area contributed by atoms with Crippen LogP contribution in [0.3, 0.4) is 0 Å². The molecule has 0 saturated carbocycles. The van der Waals surface area contributed by atoms with Gasteiger partial charge in [-0.3, -0.25) is 0 Å². The Hall–Kier alpha value is -1.20. The van der Waals surface area contributed by atoms with Crippen LogP contribution in [0.5, 0.6) is 5.75 Å². The number of halogens is 2. The molecule has 0 aliphatic carbocycles. The Morgan fingerprint density at radius 2 is 1.89 bits per heavy atom. The highest BCUT2D eigenvalue weighted by Crippen LogP contribution is 2.23. The molecule has 2 aromatic carbocycles. The van der Waals surface area contributed by atoms with Crippen LogP contribution >= 0.6 is 27.7 Å². The topological polar surface area (TPSA) is 35.2 Å². The van der Waals surface area contributed by atoms with E-state index in [4.69, 9.17) is 10.5 Å². The van der Waals surface area contributed by atoms with Crippen LogP contribution in [0.4, 0.5) is 10.1 Å². The lowest BCUT2D eigenvalue weighted by atomic mass is 10.3. The molecule has 0 aliphatic heterocycles. The van der Waals surface area contributed by atoms with Crippen LogP contribution in [0.25, 0.3) is 0 Å². The Morgan fingerprint density at radius 3 is 2.58 bits per heavy atom. The van der Waals surface area contributed by atoms with Crippen LogP contribution in [0, 0.1) is 5.82 Å². The third-order valence-corrected chi connectivity index (χ3v) is 3.92. The molecule has 0 saturated heterocycles. The standard InChI is InChI=1S/C14H13BrFNOS/c15-10-1-4-12(5-2-10)18-7-8-19-14-6-3-11(17)9-13(14)16/h1-6,9H,7-8,17H2. The number of nitrogens with two attached hydrogens (primary N) is 1. The van der Waals surface area contributed by atoms with E-state index in [0.717, 1.165) is 10.2 Å². The largest absolute Gasteiger partial charge is 0.493 e. The molecule has 0 radical (unpaired) electrons. The Morgan fingerprint density at radius 1 is 1.16 bits per heavy atom. The highest BCUT2D eigenvalue weighted by molar-refractivity contribution is 9.10. The number of anilines is 1. The Kier molecular flexibility index (Phi) is 5.10. The zero-order valence-electron chi connectivity index (χ0n) is 10.1. The molecule has 2 aromatic rings. The van der Waals surface area contributed by atoms with Crippen molar-refractivity contribution >= 4 is 33.4 Å². The van der Waals surface area contributed by atoms with E-state index in [-0.39, 0.29) is 5.82 Å². The average Bonchev–Trinajstić information content (AvgIpc) is 2.39. The quantitative estimate of drug-likeness (QED) is 0.499. The summed E-state index contributed by atoms with van der Waals surface area (Å²) in [5.74, 6) is 1.20. The lowest BCUT2D eigenvalue weighted by Gasteiger charge is -2.07. The van der Waals surface area contributed by atoms with Crippen molar-refractivity contribution in [2.24, 2.45) is 0 Å². The summed E-state index contributed by atoms with van der Waals surface area (Å²) in [4.78, 5) is 0.591. The molecule has 19 heavy (non-hydrogen) atoms. The first-order valence-corrected chi connectivity index (χ1v) is 7.49. The van der Waals surface area contributed by atoms with Crippen LogP contribution in [-0.4, -0.2) is 12.4 Å². The van der Waals surface area contributed by atoms with Gasteiger partial charge in [-0.1, -0.05) is 15.9 Å². The van der Waals surface area contributed by atoms with Gasteiger partial charge in [-0.15, -0.1) is 11.8 Å². The fraction of sp³-hybridized carbons (Fsp3) is 0.143. The predicted molar refractivity (Wildman–Crippen MR) is 81.2 cm³/mol. The summed E-state index contributed by atoms with van der Waals surface area (Å²) < 4.78 is 20.1. The number of hydrogen-bond donors (Lipinski definition) is 1. The van der Waals surface area contributed by atoms with Gasteiger partial charge in [-0.05, 0) is 42.5 Å².